The van der Waals surface area contributed by atoms with Gasteiger partial charge >= 0.3 is 0 Å². The minimum Gasteiger partial charge on any atom is -0.357 e. The maximum Gasteiger partial charge on any atom is 0.244 e. The summed E-state index contributed by atoms with van der Waals surface area (Å²) in [5.74, 6) is -0.0882. The van der Waals surface area contributed by atoms with Crippen molar-refractivity contribution in [2.24, 2.45) is 0 Å². The summed E-state index contributed by atoms with van der Waals surface area (Å²) in [6.07, 6.45) is 3.11. The number of hydrogen-bond acceptors (Lipinski definition) is 2. The molecular formula is C7H10ClN3O. The van der Waals surface area contributed by atoms with Crippen molar-refractivity contribution in [3.05, 3.63) is 17.4 Å². The minimum atomic E-state index is -0.317. The molecule has 4 nitrogen and oxygen atoms in total. The fourth-order valence-corrected chi connectivity index (χ4v) is 0.999. The quantitative estimate of drug-likeness (QED) is 0.746. The number of amides is 1. The van der Waals surface area contributed by atoms with Crippen LogP contribution in [0, 0.1) is 0 Å². The number of nitrogens with one attached hydrogen (secondary N) is 1. The van der Waals surface area contributed by atoms with E-state index in [0.717, 1.165) is 0 Å². The van der Waals surface area contributed by atoms with Gasteiger partial charge in [0, 0.05) is 13.2 Å². The Kier molecular flexibility index (Phi) is 2.70. The Bertz CT molecular complexity index is 284. The van der Waals surface area contributed by atoms with Crippen molar-refractivity contribution in [1.29, 1.82) is 0 Å². The van der Waals surface area contributed by atoms with Crippen molar-refractivity contribution in [2.75, 3.05) is 7.05 Å². The summed E-state index contributed by atoms with van der Waals surface area (Å²) >= 11 is 5.64. The van der Waals surface area contributed by atoms with Gasteiger partial charge in [-0.2, -0.15) is 5.10 Å². The Morgan fingerprint density at radius 3 is 2.92 bits per heavy atom. The van der Waals surface area contributed by atoms with E-state index in [4.69, 9.17) is 11.6 Å². The molecule has 1 rings (SSSR count). The first-order valence-electron chi connectivity index (χ1n) is 3.56. The molecule has 0 radical (unpaired) electrons. The van der Waals surface area contributed by atoms with E-state index >= 15 is 0 Å². The zero-order valence-corrected chi connectivity index (χ0v) is 7.67. The van der Waals surface area contributed by atoms with Gasteiger partial charge in [0.05, 0.1) is 11.2 Å². The average Bonchev–Trinajstić information content (AvgIpc) is 2.49. The van der Waals surface area contributed by atoms with Gasteiger partial charge in [0.15, 0.2) is 0 Å². The first-order valence-corrected chi connectivity index (χ1v) is 3.94. The summed E-state index contributed by atoms with van der Waals surface area (Å²) < 4.78 is 1.52. The van der Waals surface area contributed by atoms with E-state index in [0.29, 0.717) is 5.02 Å². The second-order valence-electron chi connectivity index (χ2n) is 2.43. The Morgan fingerprint density at radius 2 is 2.50 bits per heavy atom. The minimum absolute atomic E-state index is 0.0882. The fraction of sp³-hybridized carbons (Fsp3) is 0.429. The molecule has 0 spiro atoms. The first-order chi connectivity index (χ1) is 5.65. The first kappa shape index (κ1) is 9.06. The molecule has 1 heterocycles. The van der Waals surface area contributed by atoms with Crippen molar-refractivity contribution in [2.45, 2.75) is 13.0 Å². The number of carbonyl (C=O) groups is 1. The van der Waals surface area contributed by atoms with Crippen LogP contribution in [0.15, 0.2) is 12.4 Å². The van der Waals surface area contributed by atoms with Gasteiger partial charge < -0.3 is 5.32 Å². The molecule has 1 atom stereocenters. The van der Waals surface area contributed by atoms with Gasteiger partial charge in [-0.05, 0) is 6.92 Å². The molecule has 0 fully saturated rings. The van der Waals surface area contributed by atoms with Crippen molar-refractivity contribution >= 4 is 17.5 Å². The SMILES string of the molecule is CNC(=O)C(C)n1cc(Cl)cn1. The molecular weight excluding hydrogens is 178 g/mol. The molecule has 5 heteroatoms. The maximum absolute atomic E-state index is 11.1. The lowest BCUT2D eigenvalue weighted by molar-refractivity contribution is -0.123. The number of aromatic nitrogens is 2. The van der Waals surface area contributed by atoms with E-state index in [2.05, 4.69) is 10.4 Å². The van der Waals surface area contributed by atoms with Crippen LogP contribution in [0.2, 0.25) is 5.02 Å². The molecule has 0 aliphatic heterocycles. The van der Waals surface area contributed by atoms with Crippen molar-refractivity contribution in [1.82, 2.24) is 15.1 Å². The van der Waals surface area contributed by atoms with Crippen LogP contribution in [0.3, 0.4) is 0 Å². The molecule has 0 aliphatic rings. The van der Waals surface area contributed by atoms with Crippen molar-refractivity contribution in [3.63, 3.8) is 0 Å². The molecule has 0 aliphatic carbocycles. The van der Waals surface area contributed by atoms with E-state index in [-0.39, 0.29) is 11.9 Å². The number of rotatable bonds is 2. The Morgan fingerprint density at radius 1 is 1.83 bits per heavy atom. The molecule has 0 bridgehead atoms. The second kappa shape index (κ2) is 3.58. The predicted octanol–water partition coefficient (Wildman–Crippen LogP) is 0.843. The van der Waals surface area contributed by atoms with E-state index < -0.39 is 0 Å². The van der Waals surface area contributed by atoms with Crippen LogP contribution in [0.1, 0.15) is 13.0 Å². The fourth-order valence-electron chi connectivity index (χ4n) is 0.856. The molecule has 12 heavy (non-hydrogen) atoms. The van der Waals surface area contributed by atoms with Crippen molar-refractivity contribution < 1.29 is 4.79 Å². The van der Waals surface area contributed by atoms with Gasteiger partial charge in [-0.15, -0.1) is 0 Å². The van der Waals surface area contributed by atoms with Gasteiger partial charge in [0.1, 0.15) is 6.04 Å². The lowest BCUT2D eigenvalue weighted by Crippen LogP contribution is -2.27. The third kappa shape index (κ3) is 1.76. The smallest absolute Gasteiger partial charge is 0.244 e. The monoisotopic (exact) mass is 187 g/mol. The standard InChI is InChI=1S/C7H10ClN3O/c1-5(7(12)9-2)11-4-6(8)3-10-11/h3-5H,1-2H3,(H,9,12). The number of likely N-dealkylation sites (N-methyl/N-ethyl adjacent to an activating group) is 1. The topological polar surface area (TPSA) is 46.9 Å². The molecule has 1 amide bonds. The van der Waals surface area contributed by atoms with Gasteiger partial charge in [-0.1, -0.05) is 11.6 Å². The lowest BCUT2D eigenvalue weighted by Gasteiger charge is -2.09. The van der Waals surface area contributed by atoms with Crippen LogP contribution in [-0.4, -0.2) is 22.7 Å². The number of halogens is 1. The Balaban J connectivity index is 2.77. The zero-order chi connectivity index (χ0) is 9.14. The number of carbonyl (C=O) groups excluding carboxylic acids is 1. The summed E-state index contributed by atoms with van der Waals surface area (Å²) in [4.78, 5) is 11.1. The molecule has 1 aromatic rings. The largest absolute Gasteiger partial charge is 0.357 e. The van der Waals surface area contributed by atoms with Crippen LogP contribution >= 0.6 is 11.6 Å². The predicted molar refractivity (Wildman–Crippen MR) is 46.0 cm³/mol. The molecule has 1 aromatic heterocycles. The highest BCUT2D eigenvalue weighted by Crippen LogP contribution is 2.10. The normalized spacial score (nSPS) is 12.6. The van der Waals surface area contributed by atoms with Crippen LogP contribution in [0.4, 0.5) is 0 Å². The van der Waals surface area contributed by atoms with E-state index in [1.165, 1.54) is 10.9 Å². The summed E-state index contributed by atoms with van der Waals surface area (Å²) in [5, 5.41) is 6.97. The Labute approximate surface area is 75.5 Å². The van der Waals surface area contributed by atoms with Crippen LogP contribution in [0.5, 0.6) is 0 Å². The highest BCUT2D eigenvalue weighted by molar-refractivity contribution is 6.30. The van der Waals surface area contributed by atoms with Crippen LogP contribution < -0.4 is 5.32 Å². The molecule has 0 saturated carbocycles. The molecule has 66 valence electrons. The molecule has 1 unspecified atom stereocenters. The van der Waals surface area contributed by atoms with Gasteiger partial charge in [-0.3, -0.25) is 9.48 Å². The zero-order valence-electron chi connectivity index (χ0n) is 6.91. The maximum atomic E-state index is 11.1. The Hall–Kier alpha value is -1.03. The van der Waals surface area contributed by atoms with Crippen molar-refractivity contribution in [3.8, 4) is 0 Å². The third-order valence-corrected chi connectivity index (χ3v) is 1.79. The van der Waals surface area contributed by atoms with Crippen LogP contribution in [0.25, 0.3) is 0 Å². The number of hydrogen-bond donors (Lipinski definition) is 1. The summed E-state index contributed by atoms with van der Waals surface area (Å²) in [5.41, 5.74) is 0. The third-order valence-electron chi connectivity index (χ3n) is 1.59. The van der Waals surface area contributed by atoms with Gasteiger partial charge in [0.2, 0.25) is 5.91 Å². The van der Waals surface area contributed by atoms with Crippen LogP contribution in [-0.2, 0) is 4.79 Å². The highest BCUT2D eigenvalue weighted by Gasteiger charge is 2.13. The number of nitrogens with zero attached hydrogens (tertiary/aromatic N) is 2. The summed E-state index contributed by atoms with van der Waals surface area (Å²) in [6.45, 7) is 1.75. The molecule has 0 aromatic carbocycles. The molecule has 0 saturated heterocycles. The summed E-state index contributed by atoms with van der Waals surface area (Å²) in [6, 6.07) is -0.317. The molecule has 1 N–H and O–H groups in total. The average molecular weight is 188 g/mol. The van der Waals surface area contributed by atoms with E-state index in [9.17, 15) is 4.79 Å². The van der Waals surface area contributed by atoms with E-state index in [1.807, 2.05) is 0 Å². The highest BCUT2D eigenvalue weighted by atomic mass is 35.5. The van der Waals surface area contributed by atoms with Gasteiger partial charge in [0.25, 0.3) is 0 Å². The lowest BCUT2D eigenvalue weighted by atomic mass is 10.3. The van der Waals surface area contributed by atoms with E-state index in [1.54, 1.807) is 20.2 Å². The second-order valence-corrected chi connectivity index (χ2v) is 2.87. The summed E-state index contributed by atoms with van der Waals surface area (Å²) in [7, 11) is 1.59. The van der Waals surface area contributed by atoms with Gasteiger partial charge in [-0.25, -0.2) is 0 Å².